The zero-order chi connectivity index (χ0) is 17.5. The molecule has 136 valence electrons. The molecule has 0 saturated carbocycles. The molecule has 0 N–H and O–H groups in total. The first-order valence-corrected chi connectivity index (χ1v) is 10.2. The maximum absolute atomic E-state index is 5.74. The van der Waals surface area contributed by atoms with Gasteiger partial charge in [0.15, 0.2) is 0 Å². The number of nitrogens with zero attached hydrogens (tertiary/aromatic N) is 4. The average molecular weight is 370 g/mol. The van der Waals surface area contributed by atoms with Crippen LogP contribution in [0.1, 0.15) is 30.9 Å². The van der Waals surface area contributed by atoms with Gasteiger partial charge in [-0.25, -0.2) is 15.0 Å². The molecule has 1 fully saturated rings. The van der Waals surface area contributed by atoms with Crippen LogP contribution in [0, 0.1) is 0 Å². The third kappa shape index (κ3) is 2.53. The zero-order valence-corrected chi connectivity index (χ0v) is 15.8. The van der Waals surface area contributed by atoms with E-state index in [2.05, 4.69) is 14.9 Å². The third-order valence-electron chi connectivity index (χ3n) is 5.26. The molecule has 0 aromatic carbocycles. The summed E-state index contributed by atoms with van der Waals surface area (Å²) in [5.74, 6) is 1.84. The van der Waals surface area contributed by atoms with Crippen molar-refractivity contribution in [2.24, 2.45) is 0 Å². The molecule has 3 aromatic heterocycles. The van der Waals surface area contributed by atoms with Gasteiger partial charge < -0.3 is 14.4 Å². The molecule has 0 bridgehead atoms. The standard InChI is InChI=1S/C19H22N4O2S/c1-2-25-18-16-15(20-11-21-18)14-12-5-3-4-6-13(12)17(22-19(14)26-16)23-7-9-24-10-8-23/h11H,2-10H2,1H3. The van der Waals surface area contributed by atoms with Gasteiger partial charge in [-0.2, -0.15) is 0 Å². The van der Waals surface area contributed by atoms with Crippen LogP contribution in [0.5, 0.6) is 5.88 Å². The summed E-state index contributed by atoms with van der Waals surface area (Å²) in [5, 5.41) is 1.22. The molecule has 0 unspecified atom stereocenters. The Morgan fingerprint density at radius 1 is 1.15 bits per heavy atom. The number of hydrogen-bond acceptors (Lipinski definition) is 7. The number of thiophene rings is 1. The summed E-state index contributed by atoms with van der Waals surface area (Å²) in [7, 11) is 0. The van der Waals surface area contributed by atoms with Crippen molar-refractivity contribution >= 4 is 37.6 Å². The Balaban J connectivity index is 1.77. The van der Waals surface area contributed by atoms with E-state index in [1.54, 1.807) is 17.7 Å². The smallest absolute Gasteiger partial charge is 0.234 e. The summed E-state index contributed by atoms with van der Waals surface area (Å²) < 4.78 is 12.3. The lowest BCUT2D eigenvalue weighted by Gasteiger charge is -2.31. The van der Waals surface area contributed by atoms with Crippen LogP contribution in [0.25, 0.3) is 20.4 Å². The van der Waals surface area contributed by atoms with E-state index in [0.29, 0.717) is 12.5 Å². The van der Waals surface area contributed by atoms with Crippen LogP contribution in [0.15, 0.2) is 6.33 Å². The lowest BCUT2D eigenvalue weighted by atomic mass is 9.90. The van der Waals surface area contributed by atoms with E-state index in [1.807, 2.05) is 6.92 Å². The van der Waals surface area contributed by atoms with Crippen LogP contribution < -0.4 is 9.64 Å². The van der Waals surface area contributed by atoms with E-state index >= 15 is 0 Å². The second-order valence-electron chi connectivity index (χ2n) is 6.77. The van der Waals surface area contributed by atoms with Gasteiger partial charge >= 0.3 is 0 Å². The Hall–Kier alpha value is -1.99. The second kappa shape index (κ2) is 6.63. The molecule has 0 radical (unpaired) electrons. The first-order chi connectivity index (χ1) is 12.9. The predicted octanol–water partition coefficient (Wildman–Crippen LogP) is 3.35. The highest BCUT2D eigenvalue weighted by Crippen LogP contribution is 2.43. The average Bonchev–Trinajstić information content (AvgIpc) is 3.08. The highest BCUT2D eigenvalue weighted by Gasteiger charge is 2.26. The number of rotatable bonds is 3. The van der Waals surface area contributed by atoms with Crippen molar-refractivity contribution in [1.82, 2.24) is 15.0 Å². The van der Waals surface area contributed by atoms with E-state index < -0.39 is 0 Å². The van der Waals surface area contributed by atoms with Gasteiger partial charge in [0.2, 0.25) is 5.88 Å². The van der Waals surface area contributed by atoms with E-state index in [4.69, 9.17) is 14.5 Å². The minimum absolute atomic E-state index is 0.602. The topological polar surface area (TPSA) is 60.4 Å². The highest BCUT2D eigenvalue weighted by atomic mass is 32.1. The van der Waals surface area contributed by atoms with Gasteiger partial charge in [0.05, 0.1) is 25.3 Å². The van der Waals surface area contributed by atoms with Gasteiger partial charge in [-0.1, -0.05) is 0 Å². The molecule has 1 saturated heterocycles. The van der Waals surface area contributed by atoms with E-state index in [9.17, 15) is 0 Å². The first-order valence-electron chi connectivity index (χ1n) is 9.41. The third-order valence-corrected chi connectivity index (χ3v) is 6.32. The molecule has 26 heavy (non-hydrogen) atoms. The van der Waals surface area contributed by atoms with Crippen molar-refractivity contribution in [3.63, 3.8) is 0 Å². The van der Waals surface area contributed by atoms with Crippen LogP contribution in [-0.4, -0.2) is 47.9 Å². The summed E-state index contributed by atoms with van der Waals surface area (Å²) in [4.78, 5) is 17.5. The SMILES string of the molecule is CCOc1ncnc2c1sc1nc(N3CCOCC3)c3c(c12)CCCC3. The van der Waals surface area contributed by atoms with Crippen molar-refractivity contribution < 1.29 is 9.47 Å². The van der Waals surface area contributed by atoms with Crippen molar-refractivity contribution in [3.8, 4) is 5.88 Å². The minimum atomic E-state index is 0.602. The summed E-state index contributed by atoms with van der Waals surface area (Å²) in [6.07, 6.45) is 6.29. The number of pyridine rings is 1. The number of ether oxygens (including phenoxy) is 2. The van der Waals surface area contributed by atoms with Crippen molar-refractivity contribution in [1.29, 1.82) is 0 Å². The van der Waals surface area contributed by atoms with Crippen LogP contribution in [-0.2, 0) is 17.6 Å². The van der Waals surface area contributed by atoms with Gasteiger partial charge in [-0.05, 0) is 43.7 Å². The minimum Gasteiger partial charge on any atom is -0.477 e. The Kier molecular flexibility index (Phi) is 4.13. The molecule has 4 heterocycles. The number of fused-ring (bicyclic) bond motifs is 5. The molecule has 1 aliphatic heterocycles. The fourth-order valence-electron chi connectivity index (χ4n) is 4.10. The predicted molar refractivity (Wildman–Crippen MR) is 104 cm³/mol. The fourth-order valence-corrected chi connectivity index (χ4v) is 5.19. The number of aromatic nitrogens is 3. The number of morpholine rings is 1. The normalized spacial score (nSPS) is 17.7. The van der Waals surface area contributed by atoms with Crippen molar-refractivity contribution in [2.45, 2.75) is 32.6 Å². The number of aryl methyl sites for hydroxylation is 1. The Morgan fingerprint density at radius 2 is 1.96 bits per heavy atom. The van der Waals surface area contributed by atoms with Crippen LogP contribution >= 0.6 is 11.3 Å². The largest absolute Gasteiger partial charge is 0.477 e. The summed E-state index contributed by atoms with van der Waals surface area (Å²) in [6.45, 7) is 5.98. The Labute approximate surface area is 156 Å². The summed E-state index contributed by atoms with van der Waals surface area (Å²) in [6, 6.07) is 0. The van der Waals surface area contributed by atoms with Crippen molar-refractivity contribution in [2.75, 3.05) is 37.8 Å². The molecule has 0 amide bonds. The molecule has 0 atom stereocenters. The van der Waals surface area contributed by atoms with E-state index in [0.717, 1.165) is 60.0 Å². The molecule has 3 aromatic rings. The zero-order valence-electron chi connectivity index (χ0n) is 15.0. The molecule has 2 aliphatic rings. The summed E-state index contributed by atoms with van der Waals surface area (Å²) in [5.41, 5.74) is 3.86. The number of anilines is 1. The fraction of sp³-hybridized carbons (Fsp3) is 0.526. The molecule has 7 heteroatoms. The molecule has 5 rings (SSSR count). The number of hydrogen-bond donors (Lipinski definition) is 0. The second-order valence-corrected chi connectivity index (χ2v) is 7.77. The lowest BCUT2D eigenvalue weighted by molar-refractivity contribution is 0.122. The van der Waals surface area contributed by atoms with Gasteiger partial charge in [-0.3, -0.25) is 0 Å². The molecule has 6 nitrogen and oxygen atoms in total. The quantitative estimate of drug-likeness (QED) is 0.705. The van der Waals surface area contributed by atoms with Crippen LogP contribution in [0.4, 0.5) is 5.82 Å². The highest BCUT2D eigenvalue weighted by molar-refractivity contribution is 7.25. The van der Waals surface area contributed by atoms with Gasteiger partial charge in [-0.15, -0.1) is 11.3 Å². The van der Waals surface area contributed by atoms with Crippen LogP contribution in [0.2, 0.25) is 0 Å². The monoisotopic (exact) mass is 370 g/mol. The summed E-state index contributed by atoms with van der Waals surface area (Å²) >= 11 is 1.66. The van der Waals surface area contributed by atoms with Gasteiger partial charge in [0.25, 0.3) is 0 Å². The molecule has 1 aliphatic carbocycles. The molecular formula is C19H22N4O2S. The first kappa shape index (κ1) is 16.2. The van der Waals surface area contributed by atoms with E-state index in [-0.39, 0.29) is 0 Å². The maximum atomic E-state index is 5.74. The maximum Gasteiger partial charge on any atom is 0.234 e. The Bertz CT molecular complexity index is 965. The molecule has 0 spiro atoms. The van der Waals surface area contributed by atoms with E-state index in [1.165, 1.54) is 29.4 Å². The van der Waals surface area contributed by atoms with Gasteiger partial charge in [0.1, 0.15) is 21.7 Å². The van der Waals surface area contributed by atoms with Gasteiger partial charge in [0, 0.05) is 18.5 Å². The Morgan fingerprint density at radius 3 is 2.77 bits per heavy atom. The van der Waals surface area contributed by atoms with Crippen LogP contribution in [0.3, 0.4) is 0 Å². The molecular weight excluding hydrogens is 348 g/mol. The lowest BCUT2D eigenvalue weighted by Crippen LogP contribution is -2.37. The van der Waals surface area contributed by atoms with Crippen molar-refractivity contribution in [3.05, 3.63) is 17.5 Å².